The van der Waals surface area contributed by atoms with E-state index >= 15 is 0 Å². The Hall–Kier alpha value is -1.94. The van der Waals surface area contributed by atoms with Gasteiger partial charge in [-0.3, -0.25) is 4.79 Å². The third kappa shape index (κ3) is 3.63. The van der Waals surface area contributed by atoms with Gasteiger partial charge in [-0.05, 0) is 43.6 Å². The number of rotatable bonds is 5. The number of hydrogen-bond acceptors (Lipinski definition) is 4. The second-order valence-corrected chi connectivity index (χ2v) is 6.04. The number of carbonyl (C=O) groups excluding carboxylic acids is 2. The molecule has 2 atom stereocenters. The first-order valence-corrected chi connectivity index (χ1v) is 7.19. The zero-order chi connectivity index (χ0) is 17.0. The molecule has 1 N–H and O–H groups in total. The van der Waals surface area contributed by atoms with Crippen LogP contribution in [-0.4, -0.2) is 29.6 Å². The quantitative estimate of drug-likeness (QED) is 0.367. The van der Waals surface area contributed by atoms with Gasteiger partial charge in [-0.15, -0.1) is 6.58 Å². The van der Waals surface area contributed by atoms with Gasteiger partial charge in [0.15, 0.2) is 5.78 Å². The van der Waals surface area contributed by atoms with Gasteiger partial charge in [-0.25, -0.2) is 4.79 Å². The van der Waals surface area contributed by atoms with Gasteiger partial charge in [0.1, 0.15) is 5.60 Å². The van der Waals surface area contributed by atoms with Crippen molar-refractivity contribution >= 4 is 11.8 Å². The first kappa shape index (κ1) is 18.1. The first-order chi connectivity index (χ1) is 10.2. The Labute approximate surface area is 131 Å². The van der Waals surface area contributed by atoms with Gasteiger partial charge in [0.05, 0.1) is 7.11 Å². The Morgan fingerprint density at radius 1 is 1.55 bits per heavy atom. The molecule has 1 aliphatic rings. The van der Waals surface area contributed by atoms with Crippen LogP contribution in [0.3, 0.4) is 0 Å². The molecule has 0 spiro atoms. The predicted molar refractivity (Wildman–Crippen MR) is 86.2 cm³/mol. The lowest BCUT2D eigenvalue weighted by molar-refractivity contribution is -0.134. The standard InChI is InChI=1S/C18H24O4/c1-6-8-17(4)12-15(19)11-14(3)18(17,21)9-7-13(2)10-16(20)22-5/h6-7,9-11,21H,1,8,12H2,2-5H3/b9-7+,13-10-. The highest BCUT2D eigenvalue weighted by molar-refractivity contribution is 5.93. The van der Waals surface area contributed by atoms with Crippen LogP contribution in [0.25, 0.3) is 0 Å². The molecule has 0 saturated carbocycles. The number of ketones is 1. The molecule has 0 radical (unpaired) electrons. The van der Waals surface area contributed by atoms with Gasteiger partial charge in [-0.1, -0.05) is 19.1 Å². The highest BCUT2D eigenvalue weighted by atomic mass is 16.5. The van der Waals surface area contributed by atoms with E-state index in [-0.39, 0.29) is 12.2 Å². The van der Waals surface area contributed by atoms with Crippen LogP contribution in [-0.2, 0) is 14.3 Å². The predicted octanol–water partition coefficient (Wildman–Crippen LogP) is 2.89. The van der Waals surface area contributed by atoms with E-state index in [2.05, 4.69) is 11.3 Å². The summed E-state index contributed by atoms with van der Waals surface area (Å²) in [6.07, 6.45) is 8.60. The van der Waals surface area contributed by atoms with Crippen molar-refractivity contribution in [2.75, 3.05) is 7.11 Å². The molecule has 0 amide bonds. The highest BCUT2D eigenvalue weighted by Crippen LogP contribution is 2.47. The van der Waals surface area contributed by atoms with Crippen LogP contribution in [0.5, 0.6) is 0 Å². The maximum atomic E-state index is 11.9. The normalized spacial score (nSPS) is 29.4. The summed E-state index contributed by atoms with van der Waals surface area (Å²) in [6, 6.07) is 0. The number of carbonyl (C=O) groups is 2. The van der Waals surface area contributed by atoms with Gasteiger partial charge in [0.2, 0.25) is 0 Å². The van der Waals surface area contributed by atoms with Gasteiger partial charge in [0.25, 0.3) is 0 Å². The molecular weight excluding hydrogens is 280 g/mol. The lowest BCUT2D eigenvalue weighted by atomic mass is 9.62. The van der Waals surface area contributed by atoms with Crippen LogP contribution in [0, 0.1) is 5.41 Å². The van der Waals surface area contributed by atoms with Crippen LogP contribution < -0.4 is 0 Å². The van der Waals surface area contributed by atoms with E-state index in [1.807, 2.05) is 6.92 Å². The van der Waals surface area contributed by atoms with Crippen molar-refractivity contribution in [3.63, 3.8) is 0 Å². The van der Waals surface area contributed by atoms with Crippen LogP contribution in [0.15, 0.2) is 48.1 Å². The molecule has 4 heteroatoms. The number of ether oxygens (including phenoxy) is 1. The van der Waals surface area contributed by atoms with E-state index in [1.54, 1.807) is 32.1 Å². The topological polar surface area (TPSA) is 63.6 Å². The van der Waals surface area contributed by atoms with E-state index in [4.69, 9.17) is 0 Å². The zero-order valence-electron chi connectivity index (χ0n) is 13.7. The molecule has 0 aliphatic heterocycles. The molecule has 0 fully saturated rings. The molecule has 0 aromatic carbocycles. The number of allylic oxidation sites excluding steroid dienone is 4. The van der Waals surface area contributed by atoms with Crippen molar-refractivity contribution in [1.29, 1.82) is 0 Å². The molecule has 0 saturated heterocycles. The van der Waals surface area contributed by atoms with Crippen molar-refractivity contribution in [3.05, 3.63) is 48.1 Å². The average Bonchev–Trinajstić information content (AvgIpc) is 2.42. The first-order valence-electron chi connectivity index (χ1n) is 7.19. The molecule has 0 aromatic rings. The summed E-state index contributed by atoms with van der Waals surface area (Å²) in [5.74, 6) is -0.448. The number of esters is 1. The lowest BCUT2D eigenvalue weighted by Crippen LogP contribution is -2.49. The fourth-order valence-electron chi connectivity index (χ4n) is 2.82. The van der Waals surface area contributed by atoms with E-state index in [1.165, 1.54) is 19.3 Å². The summed E-state index contributed by atoms with van der Waals surface area (Å²) in [5, 5.41) is 11.1. The molecule has 22 heavy (non-hydrogen) atoms. The number of methoxy groups -OCH3 is 1. The van der Waals surface area contributed by atoms with Gasteiger partial charge in [-0.2, -0.15) is 0 Å². The second kappa shape index (κ2) is 6.88. The molecule has 120 valence electrons. The van der Waals surface area contributed by atoms with E-state index < -0.39 is 17.0 Å². The largest absolute Gasteiger partial charge is 0.466 e. The molecule has 0 heterocycles. The van der Waals surface area contributed by atoms with Crippen LogP contribution in [0.4, 0.5) is 0 Å². The minimum atomic E-state index is -1.26. The Balaban J connectivity index is 3.22. The van der Waals surface area contributed by atoms with Crippen LogP contribution in [0.2, 0.25) is 0 Å². The van der Waals surface area contributed by atoms with Crippen molar-refractivity contribution in [2.24, 2.45) is 5.41 Å². The SMILES string of the molecule is C=CCC1(C)CC(=O)C=C(C)C1(O)/C=C/C(C)=C\C(=O)OC. The maximum absolute atomic E-state index is 11.9. The third-order valence-corrected chi connectivity index (χ3v) is 4.19. The van der Waals surface area contributed by atoms with E-state index in [9.17, 15) is 14.7 Å². The number of aliphatic hydroxyl groups is 1. The van der Waals surface area contributed by atoms with E-state index in [0.29, 0.717) is 17.6 Å². The minimum absolute atomic E-state index is 0.00162. The molecule has 4 nitrogen and oxygen atoms in total. The molecule has 0 bridgehead atoms. The van der Waals surface area contributed by atoms with Crippen molar-refractivity contribution in [2.45, 2.75) is 39.2 Å². The summed E-state index contributed by atoms with van der Waals surface area (Å²) in [5.41, 5.74) is -0.673. The second-order valence-electron chi connectivity index (χ2n) is 6.04. The van der Waals surface area contributed by atoms with Crippen LogP contribution in [0.1, 0.15) is 33.6 Å². The lowest BCUT2D eigenvalue weighted by Gasteiger charge is -2.46. The van der Waals surface area contributed by atoms with E-state index in [0.717, 1.165) is 0 Å². The molecular formula is C18H24O4. The smallest absolute Gasteiger partial charge is 0.330 e. The monoisotopic (exact) mass is 304 g/mol. The fourth-order valence-corrected chi connectivity index (χ4v) is 2.82. The third-order valence-electron chi connectivity index (χ3n) is 4.19. The van der Waals surface area contributed by atoms with Crippen molar-refractivity contribution < 1.29 is 19.4 Å². The fraction of sp³-hybridized carbons (Fsp3) is 0.444. The van der Waals surface area contributed by atoms with Crippen molar-refractivity contribution in [3.8, 4) is 0 Å². The summed E-state index contributed by atoms with van der Waals surface area (Å²) >= 11 is 0. The number of hydrogen-bond donors (Lipinski definition) is 1. The van der Waals surface area contributed by atoms with Gasteiger partial charge >= 0.3 is 5.97 Å². The molecule has 1 aliphatic carbocycles. The average molecular weight is 304 g/mol. The Bertz CT molecular complexity index is 568. The summed E-state index contributed by atoms with van der Waals surface area (Å²) in [4.78, 5) is 23.1. The Kier molecular flexibility index (Phi) is 5.66. The molecule has 1 rings (SSSR count). The highest BCUT2D eigenvalue weighted by Gasteiger charge is 2.49. The van der Waals surface area contributed by atoms with Crippen LogP contribution >= 0.6 is 0 Å². The van der Waals surface area contributed by atoms with Crippen molar-refractivity contribution in [1.82, 2.24) is 0 Å². The zero-order valence-corrected chi connectivity index (χ0v) is 13.7. The molecule has 0 aromatic heterocycles. The minimum Gasteiger partial charge on any atom is -0.466 e. The maximum Gasteiger partial charge on any atom is 0.330 e. The summed E-state index contributed by atoms with van der Waals surface area (Å²) < 4.78 is 4.57. The summed E-state index contributed by atoms with van der Waals surface area (Å²) in [6.45, 7) is 9.07. The Morgan fingerprint density at radius 2 is 2.18 bits per heavy atom. The van der Waals surface area contributed by atoms with Gasteiger partial charge < -0.3 is 9.84 Å². The Morgan fingerprint density at radius 3 is 2.73 bits per heavy atom. The molecule has 2 unspecified atom stereocenters. The summed E-state index contributed by atoms with van der Waals surface area (Å²) in [7, 11) is 1.31. The van der Waals surface area contributed by atoms with Gasteiger partial charge in [0, 0.05) is 17.9 Å².